The van der Waals surface area contributed by atoms with Gasteiger partial charge in [-0.2, -0.15) is 0 Å². The maximum absolute atomic E-state index is 13.0. The molecule has 2 rings (SSSR count). The van der Waals surface area contributed by atoms with Crippen molar-refractivity contribution < 1.29 is 14.3 Å². The molecule has 2 N–H and O–H groups in total. The molecule has 0 unspecified atom stereocenters. The van der Waals surface area contributed by atoms with E-state index in [4.69, 9.17) is 5.11 Å². The smallest absolute Gasteiger partial charge is 0.309 e. The monoisotopic (exact) mass is 280 g/mol. The third kappa shape index (κ3) is 4.33. The summed E-state index contributed by atoms with van der Waals surface area (Å²) < 4.78 is 13.0. The second-order valence-electron chi connectivity index (χ2n) is 4.02. The lowest BCUT2D eigenvalue weighted by molar-refractivity contribution is -0.136. The Hall–Kier alpha value is -1.95. The largest absolute Gasteiger partial charge is 0.481 e. The molecule has 19 heavy (non-hydrogen) atoms. The van der Waals surface area contributed by atoms with Crippen LogP contribution in [0.25, 0.3) is 0 Å². The maximum Gasteiger partial charge on any atom is 0.309 e. The molecule has 1 aromatic carbocycles. The van der Waals surface area contributed by atoms with E-state index in [1.54, 1.807) is 11.4 Å². The molecule has 0 aliphatic heterocycles. The van der Waals surface area contributed by atoms with Gasteiger partial charge in [-0.1, -0.05) is 12.1 Å². The van der Waals surface area contributed by atoms with Crippen molar-refractivity contribution in [2.45, 2.75) is 12.8 Å². The lowest BCUT2D eigenvalue weighted by Gasteiger charge is -2.03. The average molecular weight is 280 g/mol. The minimum absolute atomic E-state index is 0.0674. The van der Waals surface area contributed by atoms with Crippen molar-refractivity contribution in [3.8, 4) is 0 Å². The topological polar surface area (TPSA) is 62.2 Å². The van der Waals surface area contributed by atoms with Crippen LogP contribution in [0.5, 0.6) is 0 Å². The quantitative estimate of drug-likeness (QED) is 0.853. The predicted molar refractivity (Wildman–Crippen MR) is 72.0 cm³/mol. The van der Waals surface area contributed by atoms with E-state index in [0.717, 1.165) is 5.56 Å². The number of nitrogens with one attached hydrogen (secondary N) is 1. The Kier molecular flexibility index (Phi) is 4.46. The Morgan fingerprint density at radius 3 is 3.05 bits per heavy atom. The first-order valence-electron chi connectivity index (χ1n) is 5.78. The van der Waals surface area contributed by atoms with Gasteiger partial charge in [-0.15, -0.1) is 11.3 Å². The molecule has 0 fully saturated rings. The lowest BCUT2D eigenvalue weighted by Crippen LogP contribution is -2.05. The summed E-state index contributed by atoms with van der Waals surface area (Å²) in [5.74, 6) is -1.13. The van der Waals surface area contributed by atoms with Gasteiger partial charge in [0.2, 0.25) is 0 Å². The van der Waals surface area contributed by atoms with Crippen molar-refractivity contribution in [1.29, 1.82) is 0 Å². The van der Waals surface area contributed by atoms with Crippen LogP contribution in [-0.2, 0) is 17.6 Å². The molecule has 0 aliphatic carbocycles. The number of aromatic nitrogens is 1. The van der Waals surface area contributed by atoms with Crippen molar-refractivity contribution >= 4 is 22.4 Å². The van der Waals surface area contributed by atoms with Crippen LogP contribution >= 0.6 is 11.3 Å². The summed E-state index contributed by atoms with van der Waals surface area (Å²) in [6, 6.07) is 6.46. The van der Waals surface area contributed by atoms with Crippen LogP contribution in [0, 0.1) is 5.82 Å². The minimum Gasteiger partial charge on any atom is -0.481 e. The van der Waals surface area contributed by atoms with Crippen LogP contribution in [0.2, 0.25) is 0 Å². The summed E-state index contributed by atoms with van der Waals surface area (Å²) in [7, 11) is 0. The first-order valence-corrected chi connectivity index (χ1v) is 6.66. The number of rotatable bonds is 6. The molecule has 0 aliphatic rings. The zero-order valence-corrected chi connectivity index (χ0v) is 10.9. The summed E-state index contributed by atoms with van der Waals surface area (Å²) in [5.41, 5.74) is 1.46. The number of carbonyl (C=O) groups is 1. The van der Waals surface area contributed by atoms with Crippen LogP contribution < -0.4 is 5.32 Å². The molecule has 0 spiro atoms. The molecular weight excluding hydrogens is 267 g/mol. The van der Waals surface area contributed by atoms with Crippen molar-refractivity contribution in [3.05, 3.63) is 46.7 Å². The molecule has 0 saturated carbocycles. The maximum atomic E-state index is 13.0. The van der Waals surface area contributed by atoms with E-state index in [1.807, 2.05) is 6.07 Å². The highest BCUT2D eigenvalue weighted by Crippen LogP contribution is 2.16. The van der Waals surface area contributed by atoms with Crippen molar-refractivity contribution in [1.82, 2.24) is 4.98 Å². The van der Waals surface area contributed by atoms with Crippen molar-refractivity contribution in [2.24, 2.45) is 0 Å². The van der Waals surface area contributed by atoms with Crippen molar-refractivity contribution in [2.75, 3.05) is 11.9 Å². The van der Waals surface area contributed by atoms with E-state index in [-0.39, 0.29) is 12.2 Å². The zero-order valence-electron chi connectivity index (χ0n) is 10.1. The molecule has 1 aromatic heterocycles. The fourth-order valence-corrected chi connectivity index (χ4v) is 2.37. The highest BCUT2D eigenvalue weighted by atomic mass is 32.1. The van der Waals surface area contributed by atoms with E-state index < -0.39 is 5.97 Å². The van der Waals surface area contributed by atoms with E-state index >= 15 is 0 Å². The molecule has 0 bridgehead atoms. The zero-order chi connectivity index (χ0) is 13.7. The third-order valence-electron chi connectivity index (χ3n) is 2.46. The van der Waals surface area contributed by atoms with E-state index in [9.17, 15) is 9.18 Å². The van der Waals surface area contributed by atoms with Gasteiger partial charge in [0, 0.05) is 11.9 Å². The number of hydrogen-bond acceptors (Lipinski definition) is 4. The number of anilines is 1. The summed E-state index contributed by atoms with van der Waals surface area (Å²) in [5, 5.41) is 14.1. The summed E-state index contributed by atoms with van der Waals surface area (Å²) in [6.45, 7) is 0.628. The van der Waals surface area contributed by atoms with Gasteiger partial charge in [-0.3, -0.25) is 4.79 Å². The molecule has 0 saturated heterocycles. The van der Waals surface area contributed by atoms with E-state index in [1.165, 1.54) is 23.5 Å². The van der Waals surface area contributed by atoms with Crippen LogP contribution in [0.4, 0.5) is 9.52 Å². The number of carboxylic acids is 1. The fraction of sp³-hybridized carbons (Fsp3) is 0.231. The van der Waals surface area contributed by atoms with Crippen LogP contribution in [0.1, 0.15) is 11.3 Å². The molecule has 0 amide bonds. The van der Waals surface area contributed by atoms with Crippen LogP contribution in [-0.4, -0.2) is 22.6 Å². The van der Waals surface area contributed by atoms with Gasteiger partial charge in [-0.05, 0) is 24.1 Å². The summed E-state index contributed by atoms with van der Waals surface area (Å²) >= 11 is 1.37. The van der Waals surface area contributed by atoms with Crippen LogP contribution in [0.15, 0.2) is 29.6 Å². The molecule has 4 nitrogen and oxygen atoms in total. The van der Waals surface area contributed by atoms with Gasteiger partial charge in [0.1, 0.15) is 5.82 Å². The third-order valence-corrected chi connectivity index (χ3v) is 3.31. The Morgan fingerprint density at radius 2 is 2.32 bits per heavy atom. The molecule has 2 aromatic rings. The van der Waals surface area contributed by atoms with E-state index in [2.05, 4.69) is 10.3 Å². The Balaban J connectivity index is 1.82. The predicted octanol–water partition coefficient (Wildman–Crippen LogP) is 2.56. The fourth-order valence-electron chi connectivity index (χ4n) is 1.63. The molecule has 1 heterocycles. The standard InChI is InChI=1S/C13H13FN2O2S/c14-10-3-1-2-9(6-10)4-5-15-13-16-11(8-19-13)7-12(17)18/h1-3,6,8H,4-5,7H2,(H,15,16)(H,17,18). The number of thiazole rings is 1. The normalized spacial score (nSPS) is 10.4. The summed E-state index contributed by atoms with van der Waals surface area (Å²) in [6.07, 6.45) is 0.619. The number of carboxylic acid groups (broad SMARTS) is 1. The second-order valence-corrected chi connectivity index (χ2v) is 4.88. The average Bonchev–Trinajstić information content (AvgIpc) is 2.76. The Bertz CT molecular complexity index is 571. The molecule has 0 radical (unpaired) electrons. The summed E-state index contributed by atoms with van der Waals surface area (Å²) in [4.78, 5) is 14.7. The first-order chi connectivity index (χ1) is 9.13. The SMILES string of the molecule is O=C(O)Cc1csc(NCCc2cccc(F)c2)n1. The van der Waals surface area contributed by atoms with Gasteiger partial charge < -0.3 is 10.4 Å². The van der Waals surface area contributed by atoms with Gasteiger partial charge in [0.05, 0.1) is 12.1 Å². The van der Waals surface area contributed by atoms with Crippen molar-refractivity contribution in [3.63, 3.8) is 0 Å². The van der Waals surface area contributed by atoms with Gasteiger partial charge in [0.15, 0.2) is 5.13 Å². The highest BCUT2D eigenvalue weighted by Gasteiger charge is 2.05. The first kappa shape index (κ1) is 13.5. The Morgan fingerprint density at radius 1 is 1.47 bits per heavy atom. The van der Waals surface area contributed by atoms with Gasteiger partial charge >= 0.3 is 5.97 Å². The molecule has 0 atom stereocenters. The highest BCUT2D eigenvalue weighted by molar-refractivity contribution is 7.13. The Labute approximate surface area is 113 Å². The lowest BCUT2D eigenvalue weighted by atomic mass is 10.1. The number of halogens is 1. The number of aliphatic carboxylic acids is 1. The van der Waals surface area contributed by atoms with E-state index in [0.29, 0.717) is 23.8 Å². The van der Waals surface area contributed by atoms with Gasteiger partial charge in [-0.25, -0.2) is 9.37 Å². The molecular formula is C13H13FN2O2S. The molecule has 6 heteroatoms. The van der Waals surface area contributed by atoms with Gasteiger partial charge in [0.25, 0.3) is 0 Å². The second kappa shape index (κ2) is 6.29. The number of benzene rings is 1. The minimum atomic E-state index is -0.892. The number of hydrogen-bond donors (Lipinski definition) is 2. The van der Waals surface area contributed by atoms with Crippen LogP contribution in [0.3, 0.4) is 0 Å². The molecule has 100 valence electrons. The number of nitrogens with zero attached hydrogens (tertiary/aromatic N) is 1.